The van der Waals surface area contributed by atoms with Crippen LogP contribution in [0.25, 0.3) is 0 Å². The highest BCUT2D eigenvalue weighted by Crippen LogP contribution is 2.21. The number of hydrogen-bond acceptors (Lipinski definition) is 7. The summed E-state index contributed by atoms with van der Waals surface area (Å²) >= 11 is 0. The standard InChI is InChI=1S/C14H27N7/c1-10(2)9-11(3)20(4)13-16-12(19-15)17-14(18-13)21-7-5-6-8-21/h10-11H,5-9,15H2,1-4H3,(H,16,17,18,19). The predicted octanol–water partition coefficient (Wildman–Crippen LogP) is 1.63. The molecule has 1 atom stereocenters. The van der Waals surface area contributed by atoms with Crippen LogP contribution in [0.3, 0.4) is 0 Å². The summed E-state index contributed by atoms with van der Waals surface area (Å²) in [4.78, 5) is 17.7. The molecule has 1 saturated heterocycles. The van der Waals surface area contributed by atoms with Crippen molar-refractivity contribution in [1.82, 2.24) is 15.0 Å². The van der Waals surface area contributed by atoms with Crippen LogP contribution >= 0.6 is 0 Å². The molecule has 118 valence electrons. The van der Waals surface area contributed by atoms with E-state index < -0.39 is 0 Å². The number of hydrazine groups is 1. The number of rotatable bonds is 6. The first-order valence-electron chi connectivity index (χ1n) is 7.71. The van der Waals surface area contributed by atoms with Crippen molar-refractivity contribution in [3.8, 4) is 0 Å². The molecule has 7 heteroatoms. The van der Waals surface area contributed by atoms with E-state index in [2.05, 4.69) is 50.9 Å². The van der Waals surface area contributed by atoms with Crippen LogP contribution in [0.1, 0.15) is 40.0 Å². The van der Waals surface area contributed by atoms with Crippen LogP contribution in [-0.4, -0.2) is 41.1 Å². The van der Waals surface area contributed by atoms with E-state index in [1.54, 1.807) is 0 Å². The normalized spacial score (nSPS) is 16.4. The fourth-order valence-corrected chi connectivity index (χ4v) is 2.67. The highest BCUT2D eigenvalue weighted by Gasteiger charge is 2.20. The van der Waals surface area contributed by atoms with E-state index in [0.29, 0.717) is 29.8 Å². The molecule has 1 fully saturated rings. The molecule has 1 unspecified atom stereocenters. The number of nitrogens with two attached hydrogens (primary N) is 1. The van der Waals surface area contributed by atoms with Gasteiger partial charge in [-0.1, -0.05) is 13.8 Å². The summed E-state index contributed by atoms with van der Waals surface area (Å²) in [6.45, 7) is 8.63. The molecule has 0 saturated carbocycles. The van der Waals surface area contributed by atoms with Crippen molar-refractivity contribution in [2.45, 2.75) is 46.1 Å². The van der Waals surface area contributed by atoms with Crippen LogP contribution in [0, 0.1) is 5.92 Å². The van der Waals surface area contributed by atoms with Gasteiger partial charge in [0.05, 0.1) is 0 Å². The van der Waals surface area contributed by atoms with Crippen molar-refractivity contribution in [3.05, 3.63) is 0 Å². The number of aromatic nitrogens is 3. The predicted molar refractivity (Wildman–Crippen MR) is 86.4 cm³/mol. The van der Waals surface area contributed by atoms with Gasteiger partial charge in [-0.15, -0.1) is 0 Å². The summed E-state index contributed by atoms with van der Waals surface area (Å²) in [6.07, 6.45) is 3.46. The van der Waals surface area contributed by atoms with Crippen molar-refractivity contribution < 1.29 is 0 Å². The van der Waals surface area contributed by atoms with Crippen molar-refractivity contribution in [2.24, 2.45) is 11.8 Å². The molecule has 1 aromatic rings. The van der Waals surface area contributed by atoms with Crippen LogP contribution in [0.2, 0.25) is 0 Å². The van der Waals surface area contributed by atoms with E-state index in [4.69, 9.17) is 5.84 Å². The third-order valence-electron chi connectivity index (χ3n) is 3.92. The van der Waals surface area contributed by atoms with Gasteiger partial charge < -0.3 is 9.80 Å². The molecule has 0 bridgehead atoms. The van der Waals surface area contributed by atoms with Gasteiger partial charge >= 0.3 is 0 Å². The Bertz CT molecular complexity index is 457. The second-order valence-electron chi connectivity index (χ2n) is 6.19. The molecule has 21 heavy (non-hydrogen) atoms. The van der Waals surface area contributed by atoms with E-state index in [0.717, 1.165) is 19.5 Å². The molecule has 1 aliphatic rings. The lowest BCUT2D eigenvalue weighted by molar-refractivity contribution is 0.499. The maximum Gasteiger partial charge on any atom is 0.243 e. The minimum Gasteiger partial charge on any atom is -0.341 e. The maximum atomic E-state index is 5.50. The topological polar surface area (TPSA) is 83.2 Å². The van der Waals surface area contributed by atoms with Gasteiger partial charge in [0.25, 0.3) is 0 Å². The summed E-state index contributed by atoms with van der Waals surface area (Å²) in [5, 5.41) is 0. The Kier molecular flexibility index (Phi) is 5.17. The maximum absolute atomic E-state index is 5.50. The molecular formula is C14H27N7. The highest BCUT2D eigenvalue weighted by molar-refractivity contribution is 5.45. The van der Waals surface area contributed by atoms with Crippen LogP contribution < -0.4 is 21.1 Å². The fraction of sp³-hybridized carbons (Fsp3) is 0.786. The average molecular weight is 293 g/mol. The van der Waals surface area contributed by atoms with E-state index in [1.807, 2.05) is 7.05 Å². The molecule has 2 rings (SSSR count). The third kappa shape index (κ3) is 3.93. The van der Waals surface area contributed by atoms with Crippen LogP contribution in [-0.2, 0) is 0 Å². The summed E-state index contributed by atoms with van der Waals surface area (Å²) in [7, 11) is 2.02. The molecule has 0 spiro atoms. The van der Waals surface area contributed by atoms with E-state index >= 15 is 0 Å². The van der Waals surface area contributed by atoms with E-state index in [-0.39, 0.29) is 0 Å². The second-order valence-corrected chi connectivity index (χ2v) is 6.19. The van der Waals surface area contributed by atoms with Crippen molar-refractivity contribution in [2.75, 3.05) is 35.4 Å². The Hall–Kier alpha value is -1.63. The molecule has 3 N–H and O–H groups in total. The lowest BCUT2D eigenvalue weighted by atomic mass is 10.0. The first-order valence-corrected chi connectivity index (χ1v) is 7.71. The first kappa shape index (κ1) is 15.8. The minimum absolute atomic E-state index is 0.365. The van der Waals surface area contributed by atoms with Gasteiger partial charge in [0.15, 0.2) is 0 Å². The fourth-order valence-electron chi connectivity index (χ4n) is 2.67. The van der Waals surface area contributed by atoms with Crippen molar-refractivity contribution in [1.29, 1.82) is 0 Å². The number of hydrogen-bond donors (Lipinski definition) is 2. The monoisotopic (exact) mass is 293 g/mol. The van der Waals surface area contributed by atoms with Gasteiger partial charge in [0.1, 0.15) is 0 Å². The molecule has 1 aromatic heterocycles. The lowest BCUT2D eigenvalue weighted by Crippen LogP contribution is -2.33. The zero-order chi connectivity index (χ0) is 15.4. The smallest absolute Gasteiger partial charge is 0.243 e. The molecule has 0 aliphatic carbocycles. The number of nitrogen functional groups attached to an aromatic ring is 1. The summed E-state index contributed by atoms with van der Waals surface area (Å²) in [6, 6.07) is 0.365. The van der Waals surface area contributed by atoms with Crippen molar-refractivity contribution in [3.63, 3.8) is 0 Å². The van der Waals surface area contributed by atoms with Crippen LogP contribution in [0.4, 0.5) is 17.8 Å². The van der Waals surface area contributed by atoms with Gasteiger partial charge in [-0.05, 0) is 32.1 Å². The minimum atomic E-state index is 0.365. The Labute approximate surface area is 126 Å². The summed E-state index contributed by atoms with van der Waals surface area (Å²) in [5.74, 6) is 7.95. The average Bonchev–Trinajstić information content (AvgIpc) is 2.99. The second kappa shape index (κ2) is 6.89. The Balaban J connectivity index is 2.23. The third-order valence-corrected chi connectivity index (χ3v) is 3.92. The summed E-state index contributed by atoms with van der Waals surface area (Å²) < 4.78 is 0. The molecule has 2 heterocycles. The molecular weight excluding hydrogens is 266 g/mol. The number of nitrogens with one attached hydrogen (secondary N) is 1. The highest BCUT2D eigenvalue weighted by atomic mass is 15.4. The lowest BCUT2D eigenvalue weighted by Gasteiger charge is -2.27. The van der Waals surface area contributed by atoms with Crippen LogP contribution in [0.15, 0.2) is 0 Å². The molecule has 0 aromatic carbocycles. The molecule has 1 aliphatic heterocycles. The van der Waals surface area contributed by atoms with Gasteiger partial charge in [0, 0.05) is 26.2 Å². The Morgan fingerprint density at radius 2 is 1.86 bits per heavy atom. The zero-order valence-electron chi connectivity index (χ0n) is 13.5. The van der Waals surface area contributed by atoms with E-state index in [9.17, 15) is 0 Å². The van der Waals surface area contributed by atoms with E-state index in [1.165, 1.54) is 12.8 Å². The number of anilines is 3. The molecule has 7 nitrogen and oxygen atoms in total. The SMILES string of the molecule is CC(C)CC(C)N(C)c1nc(NN)nc(N2CCCC2)n1. The Morgan fingerprint density at radius 1 is 1.19 bits per heavy atom. The van der Waals surface area contributed by atoms with Gasteiger partial charge in [-0.3, -0.25) is 5.43 Å². The van der Waals surface area contributed by atoms with Gasteiger partial charge in [0.2, 0.25) is 17.8 Å². The zero-order valence-corrected chi connectivity index (χ0v) is 13.5. The quantitative estimate of drug-likeness (QED) is 0.609. The largest absolute Gasteiger partial charge is 0.341 e. The van der Waals surface area contributed by atoms with Crippen LogP contribution in [0.5, 0.6) is 0 Å². The summed E-state index contributed by atoms with van der Waals surface area (Å²) in [5.41, 5.74) is 2.55. The van der Waals surface area contributed by atoms with Gasteiger partial charge in [-0.2, -0.15) is 15.0 Å². The van der Waals surface area contributed by atoms with Crippen molar-refractivity contribution >= 4 is 17.8 Å². The van der Waals surface area contributed by atoms with Gasteiger partial charge in [-0.25, -0.2) is 5.84 Å². The molecule has 0 radical (unpaired) electrons. The number of nitrogens with zero attached hydrogens (tertiary/aromatic N) is 5. The Morgan fingerprint density at radius 3 is 2.43 bits per heavy atom. The first-order chi connectivity index (χ1) is 10.0. The molecule has 0 amide bonds.